The number of nitrogens with one attached hydrogen (secondary N) is 1. The lowest BCUT2D eigenvalue weighted by Crippen LogP contribution is -2.20. The van der Waals surface area contributed by atoms with Gasteiger partial charge in [0.1, 0.15) is 0 Å². The van der Waals surface area contributed by atoms with Crippen LogP contribution in [0.4, 0.5) is 18.9 Å². The maximum atomic E-state index is 13.3. The van der Waals surface area contributed by atoms with Crippen molar-refractivity contribution in [3.05, 3.63) is 90.0 Å². The molecule has 4 aromatic rings. The molecule has 1 atom stereocenters. The van der Waals surface area contributed by atoms with Gasteiger partial charge in [-0.3, -0.25) is 4.79 Å². The molecule has 1 N–H and O–H groups in total. The fourth-order valence-corrected chi connectivity index (χ4v) is 3.86. The van der Waals surface area contributed by atoms with E-state index in [1.807, 2.05) is 37.3 Å². The first-order chi connectivity index (χ1) is 17.3. The summed E-state index contributed by atoms with van der Waals surface area (Å²) in [5.41, 5.74) is 1.53. The molecule has 0 saturated heterocycles. The van der Waals surface area contributed by atoms with Gasteiger partial charge in [0.05, 0.1) is 23.8 Å². The van der Waals surface area contributed by atoms with Gasteiger partial charge in [-0.2, -0.15) is 18.2 Å². The number of benzene rings is 3. The van der Waals surface area contributed by atoms with Gasteiger partial charge in [-0.05, 0) is 55.3 Å². The molecule has 0 bridgehead atoms. The highest BCUT2D eigenvalue weighted by Gasteiger charge is 2.31. The zero-order chi connectivity index (χ0) is 25.7. The molecule has 1 unspecified atom stereocenters. The molecule has 186 valence electrons. The molecule has 0 aliphatic carbocycles. The molecule has 0 aliphatic rings. The van der Waals surface area contributed by atoms with E-state index in [1.54, 1.807) is 31.2 Å². The number of halogens is 3. The molecule has 1 amide bonds. The fraction of sp³-hybridized carbons (Fsp3) is 0.222. The molecule has 36 heavy (non-hydrogen) atoms. The van der Waals surface area contributed by atoms with Gasteiger partial charge in [0.25, 0.3) is 0 Å². The maximum absolute atomic E-state index is 13.3. The standard InChI is InChI=1S/C27H25F3N4O2/c1-3-23(18-9-6-5-7-10-18)25(35)31-21-13-15-22(16-14-21)34-24(32-26(33-34)36-4-2)19-11-8-12-20(17-19)27(28,29)30/h5-17,23H,3-4H2,1-2H3,(H,31,35). The van der Waals surface area contributed by atoms with Gasteiger partial charge >= 0.3 is 12.2 Å². The van der Waals surface area contributed by atoms with Gasteiger partial charge in [-0.25, -0.2) is 4.68 Å². The quantitative estimate of drug-likeness (QED) is 0.304. The van der Waals surface area contributed by atoms with Crippen molar-refractivity contribution in [3.8, 4) is 23.1 Å². The van der Waals surface area contributed by atoms with E-state index < -0.39 is 11.7 Å². The Bertz CT molecular complexity index is 1320. The van der Waals surface area contributed by atoms with Crippen molar-refractivity contribution in [1.82, 2.24) is 14.8 Å². The van der Waals surface area contributed by atoms with E-state index in [4.69, 9.17) is 4.74 Å². The minimum Gasteiger partial charge on any atom is -0.463 e. The van der Waals surface area contributed by atoms with Crippen LogP contribution in [-0.2, 0) is 11.0 Å². The van der Waals surface area contributed by atoms with Crippen LogP contribution >= 0.6 is 0 Å². The van der Waals surface area contributed by atoms with Crippen LogP contribution in [-0.4, -0.2) is 27.3 Å². The van der Waals surface area contributed by atoms with Crippen LogP contribution in [0.3, 0.4) is 0 Å². The van der Waals surface area contributed by atoms with Crippen LogP contribution in [0, 0.1) is 0 Å². The lowest BCUT2D eigenvalue weighted by atomic mass is 9.95. The van der Waals surface area contributed by atoms with Crippen LogP contribution in [0.5, 0.6) is 6.01 Å². The summed E-state index contributed by atoms with van der Waals surface area (Å²) in [5.74, 6) is -0.209. The number of ether oxygens (including phenoxy) is 1. The van der Waals surface area contributed by atoms with Gasteiger partial charge in [0.15, 0.2) is 5.82 Å². The van der Waals surface area contributed by atoms with E-state index in [1.165, 1.54) is 16.8 Å². The van der Waals surface area contributed by atoms with E-state index in [0.29, 0.717) is 24.4 Å². The summed E-state index contributed by atoms with van der Waals surface area (Å²) in [5, 5.41) is 7.26. The molecule has 0 aliphatic heterocycles. The number of hydrogen-bond donors (Lipinski definition) is 1. The second-order valence-electron chi connectivity index (χ2n) is 8.05. The third-order valence-electron chi connectivity index (χ3n) is 5.62. The zero-order valence-electron chi connectivity index (χ0n) is 19.8. The molecule has 1 aromatic heterocycles. The molecule has 6 nitrogen and oxygen atoms in total. The SMILES string of the molecule is CCOc1nc(-c2cccc(C(F)(F)F)c2)n(-c2ccc(NC(=O)C(CC)c3ccccc3)cc2)n1. The highest BCUT2D eigenvalue weighted by molar-refractivity contribution is 5.95. The molecule has 3 aromatic carbocycles. The van der Waals surface area contributed by atoms with Crippen molar-refractivity contribution in [2.24, 2.45) is 0 Å². The topological polar surface area (TPSA) is 69.0 Å². The summed E-state index contributed by atoms with van der Waals surface area (Å²) in [4.78, 5) is 17.2. The normalized spacial score (nSPS) is 12.2. The molecule has 9 heteroatoms. The summed E-state index contributed by atoms with van der Waals surface area (Å²) in [6, 6.07) is 21.3. The Labute approximate surface area is 206 Å². The molecule has 0 spiro atoms. The predicted octanol–water partition coefficient (Wildman–Crippen LogP) is 6.48. The minimum atomic E-state index is -4.49. The average molecular weight is 495 g/mol. The number of rotatable bonds is 8. The van der Waals surface area contributed by atoms with Crippen molar-refractivity contribution in [3.63, 3.8) is 0 Å². The Morgan fingerprint density at radius 3 is 2.36 bits per heavy atom. The van der Waals surface area contributed by atoms with Crippen LogP contribution in [0.2, 0.25) is 0 Å². The van der Waals surface area contributed by atoms with Gasteiger partial charge < -0.3 is 10.1 Å². The Kier molecular flexibility index (Phi) is 7.38. The van der Waals surface area contributed by atoms with Crippen LogP contribution < -0.4 is 10.1 Å². The molecule has 0 radical (unpaired) electrons. The van der Waals surface area contributed by atoms with Crippen LogP contribution in [0.25, 0.3) is 17.1 Å². The first-order valence-corrected chi connectivity index (χ1v) is 11.5. The first-order valence-electron chi connectivity index (χ1n) is 11.5. The number of hydrogen-bond acceptors (Lipinski definition) is 4. The van der Waals surface area contributed by atoms with Crippen molar-refractivity contribution < 1.29 is 22.7 Å². The highest BCUT2D eigenvalue weighted by Crippen LogP contribution is 2.33. The van der Waals surface area contributed by atoms with Gasteiger partial charge in [-0.15, -0.1) is 5.10 Å². The number of carbonyl (C=O) groups is 1. The van der Waals surface area contributed by atoms with Crippen LogP contribution in [0.15, 0.2) is 78.9 Å². The molecular formula is C27H25F3N4O2. The van der Waals surface area contributed by atoms with Gasteiger partial charge in [0, 0.05) is 11.3 Å². The van der Waals surface area contributed by atoms with E-state index >= 15 is 0 Å². The van der Waals surface area contributed by atoms with Crippen molar-refractivity contribution >= 4 is 11.6 Å². The third kappa shape index (κ3) is 5.56. The monoisotopic (exact) mass is 494 g/mol. The number of aromatic nitrogens is 3. The first kappa shape index (κ1) is 25.0. The summed E-state index contributed by atoms with van der Waals surface area (Å²) >= 11 is 0. The van der Waals surface area contributed by atoms with Crippen molar-refractivity contribution in [1.29, 1.82) is 0 Å². The largest absolute Gasteiger partial charge is 0.463 e. The Morgan fingerprint density at radius 1 is 1.00 bits per heavy atom. The molecule has 1 heterocycles. The van der Waals surface area contributed by atoms with Crippen molar-refractivity contribution in [2.75, 3.05) is 11.9 Å². The van der Waals surface area contributed by atoms with E-state index in [-0.39, 0.29) is 29.2 Å². The van der Waals surface area contributed by atoms with Gasteiger partial charge in [-0.1, -0.05) is 49.4 Å². The lowest BCUT2D eigenvalue weighted by Gasteiger charge is -2.16. The van der Waals surface area contributed by atoms with E-state index in [0.717, 1.165) is 17.7 Å². The second kappa shape index (κ2) is 10.6. The van der Waals surface area contributed by atoms with Gasteiger partial charge in [0.2, 0.25) is 5.91 Å². The Hall–Kier alpha value is -4.14. The number of nitrogens with zero attached hydrogens (tertiary/aromatic N) is 3. The smallest absolute Gasteiger partial charge is 0.416 e. The van der Waals surface area contributed by atoms with Crippen molar-refractivity contribution in [2.45, 2.75) is 32.4 Å². The van der Waals surface area contributed by atoms with Crippen LogP contribution in [0.1, 0.15) is 37.3 Å². The lowest BCUT2D eigenvalue weighted by molar-refractivity contribution is -0.137. The summed E-state index contributed by atoms with van der Waals surface area (Å²) < 4.78 is 46.6. The predicted molar refractivity (Wildman–Crippen MR) is 131 cm³/mol. The minimum absolute atomic E-state index is 0.0518. The third-order valence-corrected chi connectivity index (χ3v) is 5.62. The summed E-state index contributed by atoms with van der Waals surface area (Å²) in [6.45, 7) is 4.02. The molecule has 4 rings (SSSR count). The van der Waals surface area contributed by atoms with E-state index in [2.05, 4.69) is 15.4 Å². The second-order valence-corrected chi connectivity index (χ2v) is 8.05. The number of anilines is 1. The fourth-order valence-electron chi connectivity index (χ4n) is 3.86. The summed E-state index contributed by atoms with van der Waals surface area (Å²) in [7, 11) is 0. The number of alkyl halides is 3. The zero-order valence-corrected chi connectivity index (χ0v) is 19.8. The average Bonchev–Trinajstić information content (AvgIpc) is 3.29. The Morgan fingerprint density at radius 2 is 1.72 bits per heavy atom. The Balaban J connectivity index is 1.62. The molecular weight excluding hydrogens is 469 g/mol. The number of amides is 1. The van der Waals surface area contributed by atoms with E-state index in [9.17, 15) is 18.0 Å². The molecule has 0 saturated carbocycles. The number of carbonyl (C=O) groups excluding carboxylic acids is 1. The highest BCUT2D eigenvalue weighted by atomic mass is 19.4. The molecule has 0 fully saturated rings. The maximum Gasteiger partial charge on any atom is 0.416 e. The summed E-state index contributed by atoms with van der Waals surface area (Å²) in [6.07, 6.45) is -3.84.